The average molecular weight is 298 g/mol. The van der Waals surface area contributed by atoms with Crippen LogP contribution < -0.4 is 31.1 Å². The Morgan fingerprint density at radius 2 is 1.25 bits per heavy atom. The molecule has 1 aromatic carbocycles. The molecule has 0 spiro atoms. The molecule has 0 amide bonds. The third-order valence-corrected chi connectivity index (χ3v) is 2.74. The molecule has 0 unspecified atom stereocenters. The lowest BCUT2D eigenvalue weighted by atomic mass is 10.3. The zero-order valence-corrected chi connectivity index (χ0v) is 11.6. The van der Waals surface area contributed by atoms with Crippen LogP contribution in [0.5, 0.6) is 11.5 Å². The van der Waals surface area contributed by atoms with E-state index in [1.807, 2.05) is 0 Å². The summed E-state index contributed by atoms with van der Waals surface area (Å²) in [5.74, 6) is 0.795. The first-order chi connectivity index (χ1) is 7.16. The first kappa shape index (κ1) is 14.0. The molecule has 0 bridgehead atoms. The lowest BCUT2D eigenvalue weighted by Gasteiger charge is -2.15. The Labute approximate surface area is 104 Å². The van der Waals surface area contributed by atoms with E-state index in [4.69, 9.17) is 54.7 Å². The van der Waals surface area contributed by atoms with Gasteiger partial charge < -0.3 is 9.05 Å². The molecule has 0 aromatic heterocycles. The first-order valence-corrected chi connectivity index (χ1v) is 9.71. The van der Waals surface area contributed by atoms with Gasteiger partial charge in [0.1, 0.15) is 11.5 Å². The molecule has 1 rings (SSSR count). The summed E-state index contributed by atoms with van der Waals surface area (Å²) in [6.45, 7) is -5.52. The predicted octanol–water partition coefficient (Wildman–Crippen LogP) is 0.728. The highest BCUT2D eigenvalue weighted by Crippen LogP contribution is 2.36. The summed E-state index contributed by atoms with van der Waals surface area (Å²) in [5.41, 5.74) is 21.7. The first-order valence-electron chi connectivity index (χ1n) is 3.99. The van der Waals surface area contributed by atoms with Gasteiger partial charge >= 0.3 is 0 Å². The van der Waals surface area contributed by atoms with Crippen molar-refractivity contribution in [1.82, 2.24) is 0 Å². The Morgan fingerprint density at radius 3 is 1.56 bits per heavy atom. The molecule has 10 heteroatoms. The number of nitrogens with two attached hydrogens (primary N) is 4. The third-order valence-electron chi connectivity index (χ3n) is 1.30. The van der Waals surface area contributed by atoms with E-state index < -0.39 is 13.1 Å². The largest absolute Gasteiger partial charge is 0.441 e. The van der Waals surface area contributed by atoms with Gasteiger partial charge in [-0.05, 0) is 35.7 Å². The van der Waals surface area contributed by atoms with Crippen LogP contribution >= 0.6 is 13.1 Å². The van der Waals surface area contributed by atoms with Gasteiger partial charge in [0.25, 0.3) is 0 Å². The van der Waals surface area contributed by atoms with Gasteiger partial charge in [0.2, 0.25) is 13.1 Å². The van der Waals surface area contributed by atoms with Crippen LogP contribution in [0.15, 0.2) is 24.3 Å². The molecular weight excluding hydrogens is 286 g/mol. The summed E-state index contributed by atoms with van der Waals surface area (Å²) < 4.78 is 10.3. The van der Waals surface area contributed by atoms with Gasteiger partial charge in [0, 0.05) is 6.07 Å². The summed E-state index contributed by atoms with van der Waals surface area (Å²) in [5, 5.41) is 0. The zero-order chi connectivity index (χ0) is 12.4. The van der Waals surface area contributed by atoms with Crippen molar-refractivity contribution in [3.8, 4) is 11.5 Å². The van der Waals surface area contributed by atoms with Crippen LogP contribution in [0.1, 0.15) is 0 Å². The van der Waals surface area contributed by atoms with E-state index in [2.05, 4.69) is 0 Å². The van der Waals surface area contributed by atoms with Crippen molar-refractivity contribution >= 4 is 36.7 Å². The molecular formula is C6H12N4O2P2S2. The van der Waals surface area contributed by atoms with Crippen molar-refractivity contribution in [3.63, 3.8) is 0 Å². The summed E-state index contributed by atoms with van der Waals surface area (Å²) >= 11 is 9.52. The molecule has 0 saturated carbocycles. The van der Waals surface area contributed by atoms with Gasteiger partial charge in [0.15, 0.2) is 0 Å². The number of rotatable bonds is 4. The van der Waals surface area contributed by atoms with Crippen LogP contribution in [0.3, 0.4) is 0 Å². The molecule has 6 nitrogen and oxygen atoms in total. The average Bonchev–Trinajstić information content (AvgIpc) is 1.96. The van der Waals surface area contributed by atoms with E-state index >= 15 is 0 Å². The van der Waals surface area contributed by atoms with Gasteiger partial charge in [0.05, 0.1) is 0 Å². The quantitative estimate of drug-likeness (QED) is 0.600. The summed E-state index contributed by atoms with van der Waals surface area (Å²) in [6.07, 6.45) is 0. The molecule has 16 heavy (non-hydrogen) atoms. The maximum absolute atomic E-state index is 5.42. The van der Waals surface area contributed by atoms with Gasteiger partial charge in [-0.1, -0.05) is 6.07 Å². The highest BCUT2D eigenvalue weighted by molar-refractivity contribution is 8.10. The van der Waals surface area contributed by atoms with E-state index in [0.717, 1.165) is 0 Å². The Balaban J connectivity index is 2.88. The second-order valence-electron chi connectivity index (χ2n) is 2.95. The number of benzene rings is 1. The van der Waals surface area contributed by atoms with Gasteiger partial charge in [-0.15, -0.1) is 0 Å². The number of hydrogen-bond acceptors (Lipinski definition) is 4. The Morgan fingerprint density at radius 1 is 0.875 bits per heavy atom. The van der Waals surface area contributed by atoms with E-state index in [-0.39, 0.29) is 0 Å². The molecule has 0 fully saturated rings. The predicted molar refractivity (Wildman–Crippen MR) is 73.0 cm³/mol. The molecule has 0 saturated heterocycles. The van der Waals surface area contributed by atoms with Crippen molar-refractivity contribution in [1.29, 1.82) is 0 Å². The second-order valence-corrected chi connectivity index (χ2v) is 9.32. The van der Waals surface area contributed by atoms with Crippen molar-refractivity contribution in [3.05, 3.63) is 24.3 Å². The minimum absolute atomic E-state index is 0.397. The molecule has 8 N–H and O–H groups in total. The Bertz CT molecular complexity index is 432. The molecule has 0 aliphatic heterocycles. The van der Waals surface area contributed by atoms with Crippen molar-refractivity contribution in [2.24, 2.45) is 22.0 Å². The summed E-state index contributed by atoms with van der Waals surface area (Å²) in [4.78, 5) is 0. The third kappa shape index (κ3) is 5.89. The fourth-order valence-corrected chi connectivity index (χ4v) is 2.32. The maximum atomic E-state index is 5.42. The second kappa shape index (κ2) is 5.08. The Hall–Kier alpha value is -0.0400. The van der Waals surface area contributed by atoms with Crippen LogP contribution in [0.25, 0.3) is 0 Å². The van der Waals surface area contributed by atoms with E-state index in [1.165, 1.54) is 6.07 Å². The van der Waals surface area contributed by atoms with Crippen LogP contribution in [-0.2, 0) is 23.6 Å². The topological polar surface area (TPSA) is 123 Å². The highest BCUT2D eigenvalue weighted by atomic mass is 32.5. The maximum Gasteiger partial charge on any atom is 0.242 e. The van der Waals surface area contributed by atoms with Crippen molar-refractivity contribution < 1.29 is 9.05 Å². The smallest absolute Gasteiger partial charge is 0.242 e. The fourth-order valence-electron chi connectivity index (χ4n) is 0.917. The Kier molecular flexibility index (Phi) is 4.45. The standard InChI is InChI=1S/C6H12N4O2P2S2/c7-13(8,15)11-5-2-1-3-6(4-5)12-14(9,10)16/h1-4H,(H4,7,8,15)(H4,9,10,16). The van der Waals surface area contributed by atoms with E-state index in [1.54, 1.807) is 18.2 Å². The van der Waals surface area contributed by atoms with E-state index in [9.17, 15) is 0 Å². The monoisotopic (exact) mass is 298 g/mol. The summed E-state index contributed by atoms with van der Waals surface area (Å²) in [7, 11) is 0. The lowest BCUT2D eigenvalue weighted by Crippen LogP contribution is -2.11. The molecule has 0 atom stereocenters. The normalized spacial score (nSPS) is 12.2. The minimum atomic E-state index is -2.76. The van der Waals surface area contributed by atoms with Crippen LogP contribution in [0.4, 0.5) is 0 Å². The van der Waals surface area contributed by atoms with Crippen molar-refractivity contribution in [2.45, 2.75) is 0 Å². The lowest BCUT2D eigenvalue weighted by molar-refractivity contribution is 0.585. The zero-order valence-electron chi connectivity index (χ0n) is 8.15. The number of hydrogen-bond donors (Lipinski definition) is 4. The van der Waals surface area contributed by atoms with Crippen LogP contribution in [-0.4, -0.2) is 0 Å². The minimum Gasteiger partial charge on any atom is -0.441 e. The van der Waals surface area contributed by atoms with Gasteiger partial charge in [-0.2, -0.15) is 0 Å². The van der Waals surface area contributed by atoms with Crippen LogP contribution in [0, 0.1) is 0 Å². The highest BCUT2D eigenvalue weighted by Gasteiger charge is 2.09. The SMILES string of the molecule is NP(N)(=S)Oc1cccc(OP(N)(N)=S)c1. The van der Waals surface area contributed by atoms with Crippen molar-refractivity contribution in [2.75, 3.05) is 0 Å². The molecule has 0 radical (unpaired) electrons. The van der Waals surface area contributed by atoms with Gasteiger partial charge in [-0.25, -0.2) is 0 Å². The van der Waals surface area contributed by atoms with Gasteiger partial charge in [-0.3, -0.25) is 22.0 Å². The molecule has 0 aliphatic rings. The molecule has 90 valence electrons. The molecule has 0 aliphatic carbocycles. The molecule has 0 heterocycles. The van der Waals surface area contributed by atoms with Crippen LogP contribution in [0.2, 0.25) is 0 Å². The summed E-state index contributed by atoms with van der Waals surface area (Å²) in [6, 6.07) is 6.48. The fraction of sp³-hybridized carbons (Fsp3) is 0. The molecule has 1 aromatic rings. The van der Waals surface area contributed by atoms with E-state index in [0.29, 0.717) is 11.5 Å².